The Morgan fingerprint density at radius 2 is 1.45 bits per heavy atom. The molecule has 0 aliphatic carbocycles. The Hall–Kier alpha value is -1.31. The van der Waals surface area contributed by atoms with Crippen molar-refractivity contribution in [2.24, 2.45) is 0 Å². The molecule has 0 aromatic rings. The van der Waals surface area contributed by atoms with E-state index in [4.69, 9.17) is 20.4 Å². The molecule has 2 N–H and O–H groups in total. The Kier molecular flexibility index (Phi) is 34.7. The van der Waals surface area contributed by atoms with E-state index < -0.39 is 6.17 Å². The average Bonchev–Trinajstić information content (AvgIpc) is 1.91. The van der Waals surface area contributed by atoms with E-state index in [0.29, 0.717) is 6.42 Å². The smallest absolute Gasteiger partial charge is 0.231 e. The van der Waals surface area contributed by atoms with Crippen LogP contribution in [-0.4, -0.2) is 18.3 Å². The zero-order valence-corrected chi connectivity index (χ0v) is 6.48. The molecule has 0 saturated carbocycles. The molecule has 0 aromatic heterocycles. The van der Waals surface area contributed by atoms with Crippen LogP contribution >= 0.6 is 0 Å². The van der Waals surface area contributed by atoms with Crippen LogP contribution in [0.1, 0.15) is 20.3 Å². The van der Waals surface area contributed by atoms with Crippen molar-refractivity contribution in [1.29, 1.82) is 10.8 Å². The Morgan fingerprint density at radius 3 is 1.45 bits per heavy atom. The highest BCUT2D eigenvalue weighted by Crippen LogP contribution is 1.90. The van der Waals surface area contributed by atoms with Crippen LogP contribution in [0.2, 0.25) is 0 Å². The van der Waals surface area contributed by atoms with Crippen LogP contribution in [0.3, 0.4) is 0 Å². The van der Waals surface area contributed by atoms with Crippen LogP contribution in [-0.2, 0) is 9.59 Å². The summed E-state index contributed by atoms with van der Waals surface area (Å²) >= 11 is 0. The molecule has 0 aromatic carbocycles. The zero-order chi connectivity index (χ0) is 9.70. The van der Waals surface area contributed by atoms with Crippen molar-refractivity contribution in [3.05, 3.63) is 0 Å². The van der Waals surface area contributed by atoms with Gasteiger partial charge in [-0.25, -0.2) is 24.8 Å². The molecular weight excluding hydrogens is 151 g/mol. The standard InChI is InChI=1S/C4H9F.2CHNO/c1-3-4(2)5;2*2-1-3/h4H,3H2,1-2H3;2*2H. The third-order valence-corrected chi connectivity index (χ3v) is 0.563. The molecule has 0 heterocycles. The number of rotatable bonds is 1. The molecule has 0 bridgehead atoms. The minimum atomic E-state index is -0.616. The van der Waals surface area contributed by atoms with Gasteiger partial charge in [0, 0.05) is 0 Å². The largest absolute Gasteiger partial charge is 0.248 e. The Labute approximate surface area is 64.4 Å². The van der Waals surface area contributed by atoms with Gasteiger partial charge in [-0.05, 0) is 13.3 Å². The van der Waals surface area contributed by atoms with Gasteiger partial charge in [-0.2, -0.15) is 0 Å². The molecule has 0 aliphatic rings. The molecule has 0 aliphatic heterocycles. The molecule has 1 atom stereocenters. The van der Waals surface area contributed by atoms with Crippen molar-refractivity contribution in [2.45, 2.75) is 26.4 Å². The fourth-order valence-corrected chi connectivity index (χ4v) is 0. The second-order valence-corrected chi connectivity index (χ2v) is 1.39. The summed E-state index contributed by atoms with van der Waals surface area (Å²) in [6.45, 7) is 3.38. The van der Waals surface area contributed by atoms with Crippen LogP contribution in [0.5, 0.6) is 0 Å². The summed E-state index contributed by atoms with van der Waals surface area (Å²) in [6.07, 6.45) is 1.52. The van der Waals surface area contributed by atoms with Crippen molar-refractivity contribution >= 4 is 12.2 Å². The molecule has 0 saturated heterocycles. The molecule has 0 rings (SSSR count). The minimum absolute atomic E-state index is 0.616. The molecule has 0 radical (unpaired) electrons. The van der Waals surface area contributed by atoms with Gasteiger partial charge >= 0.3 is 0 Å². The van der Waals surface area contributed by atoms with Gasteiger partial charge in [0.2, 0.25) is 12.2 Å². The maximum Gasteiger partial charge on any atom is 0.231 e. The fraction of sp³-hybridized carbons (Fsp3) is 0.667. The maximum absolute atomic E-state index is 11.4. The van der Waals surface area contributed by atoms with Gasteiger partial charge in [0.15, 0.2) is 0 Å². The highest BCUT2D eigenvalue weighted by atomic mass is 19.1. The quantitative estimate of drug-likeness (QED) is 0.453. The number of hydrogen-bond donors (Lipinski definition) is 2. The van der Waals surface area contributed by atoms with E-state index in [1.807, 2.05) is 6.92 Å². The number of isocyanates is 2. The normalized spacial score (nSPS) is 8.27. The predicted molar refractivity (Wildman–Crippen MR) is 37.7 cm³/mol. The summed E-state index contributed by atoms with van der Waals surface area (Å²) in [5, 5.41) is 10.8. The van der Waals surface area contributed by atoms with E-state index in [2.05, 4.69) is 0 Å². The van der Waals surface area contributed by atoms with Gasteiger partial charge in [0.25, 0.3) is 0 Å². The van der Waals surface area contributed by atoms with E-state index in [-0.39, 0.29) is 0 Å². The number of carbonyl (C=O) groups excluding carboxylic acids is 2. The lowest BCUT2D eigenvalue weighted by Gasteiger charge is -1.86. The summed E-state index contributed by atoms with van der Waals surface area (Å²) in [5.74, 6) is 0. The molecule has 4 nitrogen and oxygen atoms in total. The Balaban J connectivity index is -0.0000000933. The summed E-state index contributed by atoms with van der Waals surface area (Å²) < 4.78 is 11.4. The third kappa shape index (κ3) is 817. The second kappa shape index (κ2) is 23.4. The highest BCUT2D eigenvalue weighted by Gasteiger charge is 1.85. The third-order valence-electron chi connectivity index (χ3n) is 0.563. The zero-order valence-electron chi connectivity index (χ0n) is 6.48. The van der Waals surface area contributed by atoms with Crippen molar-refractivity contribution in [2.75, 3.05) is 0 Å². The summed E-state index contributed by atoms with van der Waals surface area (Å²) in [4.78, 5) is 16.7. The van der Waals surface area contributed by atoms with Gasteiger partial charge < -0.3 is 0 Å². The summed E-state index contributed by atoms with van der Waals surface area (Å²) in [7, 11) is 0. The first kappa shape index (κ1) is 16.3. The van der Waals surface area contributed by atoms with Crippen molar-refractivity contribution in [1.82, 2.24) is 0 Å². The predicted octanol–water partition coefficient (Wildman–Crippen LogP) is 1.56. The van der Waals surface area contributed by atoms with Gasteiger partial charge in [0.05, 0.1) is 6.17 Å². The van der Waals surface area contributed by atoms with Crippen LogP contribution in [0.15, 0.2) is 0 Å². The molecule has 5 heteroatoms. The summed E-state index contributed by atoms with van der Waals surface area (Å²) in [5.41, 5.74) is 0. The second-order valence-electron chi connectivity index (χ2n) is 1.39. The minimum Gasteiger partial charge on any atom is -0.248 e. The monoisotopic (exact) mass is 162 g/mol. The Bertz CT molecular complexity index is 113. The number of halogens is 1. The molecule has 11 heavy (non-hydrogen) atoms. The van der Waals surface area contributed by atoms with Crippen LogP contribution in [0, 0.1) is 10.8 Å². The number of nitrogens with one attached hydrogen (secondary N) is 2. The van der Waals surface area contributed by atoms with Crippen molar-refractivity contribution in [3.8, 4) is 0 Å². The van der Waals surface area contributed by atoms with Crippen LogP contribution < -0.4 is 0 Å². The average molecular weight is 162 g/mol. The lowest BCUT2D eigenvalue weighted by molar-refractivity contribution is 0.352. The van der Waals surface area contributed by atoms with Crippen LogP contribution in [0.4, 0.5) is 4.39 Å². The molecular formula is C6H11FN2O2. The highest BCUT2D eigenvalue weighted by molar-refractivity contribution is 5.26. The van der Waals surface area contributed by atoms with E-state index in [9.17, 15) is 4.39 Å². The van der Waals surface area contributed by atoms with Gasteiger partial charge in [-0.1, -0.05) is 6.92 Å². The lowest BCUT2D eigenvalue weighted by Crippen LogP contribution is -1.83. The molecule has 0 amide bonds. The van der Waals surface area contributed by atoms with Crippen molar-refractivity contribution < 1.29 is 14.0 Å². The first-order valence-corrected chi connectivity index (χ1v) is 2.82. The van der Waals surface area contributed by atoms with Crippen molar-refractivity contribution in [3.63, 3.8) is 0 Å². The first-order valence-electron chi connectivity index (χ1n) is 2.82. The summed E-state index contributed by atoms with van der Waals surface area (Å²) in [6, 6.07) is 0. The van der Waals surface area contributed by atoms with Gasteiger partial charge in [0.1, 0.15) is 0 Å². The molecule has 0 spiro atoms. The van der Waals surface area contributed by atoms with E-state index in [0.717, 1.165) is 12.2 Å². The van der Waals surface area contributed by atoms with E-state index >= 15 is 0 Å². The molecule has 0 fully saturated rings. The maximum atomic E-state index is 11.4. The Morgan fingerprint density at radius 1 is 1.36 bits per heavy atom. The van der Waals surface area contributed by atoms with Gasteiger partial charge in [-0.15, -0.1) is 0 Å². The van der Waals surface area contributed by atoms with E-state index in [1.165, 1.54) is 0 Å². The first-order chi connectivity index (χ1) is 5.10. The molecule has 64 valence electrons. The topological polar surface area (TPSA) is 81.8 Å². The SMILES string of the molecule is CCC(C)F.N=C=O.N=C=O. The van der Waals surface area contributed by atoms with Crippen LogP contribution in [0.25, 0.3) is 0 Å². The van der Waals surface area contributed by atoms with Gasteiger partial charge in [-0.3, -0.25) is 0 Å². The number of hydrogen-bond acceptors (Lipinski definition) is 4. The van der Waals surface area contributed by atoms with E-state index in [1.54, 1.807) is 6.92 Å². The molecule has 1 unspecified atom stereocenters. The fourth-order valence-electron chi connectivity index (χ4n) is 0. The number of alkyl halides is 1. The lowest BCUT2D eigenvalue weighted by atomic mass is 10.4.